The number of unbranched alkanes of at least 4 members (excludes halogenated alkanes) is 1. The molecular formula is C13H22NO3+. The third-order valence-electron chi connectivity index (χ3n) is 2.64. The lowest BCUT2D eigenvalue weighted by Gasteiger charge is -2.09. The number of aliphatic hydroxyl groups is 1. The normalized spacial score (nSPS) is 10.3. The summed E-state index contributed by atoms with van der Waals surface area (Å²) >= 11 is 0. The number of quaternary nitrogens is 1. The van der Waals surface area contributed by atoms with Crippen LogP contribution in [0.2, 0.25) is 0 Å². The first-order chi connectivity index (χ1) is 8.31. The second-order valence-electron chi connectivity index (χ2n) is 3.90. The van der Waals surface area contributed by atoms with Crippen LogP contribution in [0.1, 0.15) is 18.4 Å². The molecule has 0 saturated heterocycles. The molecule has 96 valence electrons. The summed E-state index contributed by atoms with van der Waals surface area (Å²) in [5.41, 5.74) is 1.21. The molecule has 17 heavy (non-hydrogen) atoms. The van der Waals surface area contributed by atoms with Crippen molar-refractivity contribution in [2.45, 2.75) is 19.4 Å². The van der Waals surface area contributed by atoms with Gasteiger partial charge in [-0.15, -0.1) is 0 Å². The minimum Gasteiger partial charge on any atom is -0.493 e. The van der Waals surface area contributed by atoms with Crippen molar-refractivity contribution in [3.63, 3.8) is 0 Å². The van der Waals surface area contributed by atoms with Gasteiger partial charge in [-0.05, 0) is 31.0 Å². The van der Waals surface area contributed by atoms with E-state index >= 15 is 0 Å². The average Bonchev–Trinajstić information content (AvgIpc) is 2.38. The van der Waals surface area contributed by atoms with Crippen LogP contribution in [0, 0.1) is 0 Å². The lowest BCUT2D eigenvalue weighted by atomic mass is 10.2. The second-order valence-corrected chi connectivity index (χ2v) is 3.90. The Hall–Kier alpha value is -1.26. The van der Waals surface area contributed by atoms with E-state index in [1.165, 1.54) is 5.56 Å². The molecule has 1 aromatic carbocycles. The molecule has 1 rings (SSSR count). The Morgan fingerprint density at radius 3 is 2.53 bits per heavy atom. The van der Waals surface area contributed by atoms with Gasteiger partial charge in [0.15, 0.2) is 11.5 Å². The van der Waals surface area contributed by atoms with E-state index in [4.69, 9.17) is 14.6 Å². The molecule has 0 bridgehead atoms. The van der Waals surface area contributed by atoms with Crippen LogP contribution in [0.25, 0.3) is 0 Å². The Balaban J connectivity index is 2.43. The van der Waals surface area contributed by atoms with Gasteiger partial charge in [-0.3, -0.25) is 0 Å². The Morgan fingerprint density at radius 1 is 1.12 bits per heavy atom. The number of nitrogens with two attached hydrogens (primary N) is 1. The molecule has 4 nitrogen and oxygen atoms in total. The highest BCUT2D eigenvalue weighted by molar-refractivity contribution is 5.42. The van der Waals surface area contributed by atoms with Crippen molar-refractivity contribution in [2.24, 2.45) is 0 Å². The first-order valence-corrected chi connectivity index (χ1v) is 5.95. The van der Waals surface area contributed by atoms with Gasteiger partial charge < -0.3 is 19.9 Å². The first kappa shape index (κ1) is 13.8. The summed E-state index contributed by atoms with van der Waals surface area (Å²) in [5.74, 6) is 1.53. The van der Waals surface area contributed by atoms with Crippen LogP contribution in [-0.4, -0.2) is 32.5 Å². The predicted octanol–water partition coefficient (Wildman–Crippen LogP) is 0.540. The summed E-state index contributed by atoms with van der Waals surface area (Å²) in [4.78, 5) is 0. The molecule has 4 heteroatoms. The lowest BCUT2D eigenvalue weighted by molar-refractivity contribution is -0.671. The fourth-order valence-corrected chi connectivity index (χ4v) is 1.68. The maximum Gasteiger partial charge on any atom is 0.161 e. The first-order valence-electron chi connectivity index (χ1n) is 5.95. The largest absolute Gasteiger partial charge is 0.493 e. The quantitative estimate of drug-likeness (QED) is 0.652. The van der Waals surface area contributed by atoms with E-state index < -0.39 is 0 Å². The molecular weight excluding hydrogens is 218 g/mol. The Bertz CT molecular complexity index is 328. The predicted molar refractivity (Wildman–Crippen MR) is 66.4 cm³/mol. The maximum atomic E-state index is 8.66. The zero-order chi connectivity index (χ0) is 12.5. The third-order valence-corrected chi connectivity index (χ3v) is 2.64. The summed E-state index contributed by atoms with van der Waals surface area (Å²) in [6.45, 7) is 2.24. The molecule has 0 aliphatic heterocycles. The lowest BCUT2D eigenvalue weighted by Crippen LogP contribution is -2.82. The SMILES string of the molecule is COc1ccc(C[NH2+]CCCCO)cc1OC. The molecule has 0 unspecified atom stereocenters. The topological polar surface area (TPSA) is 55.3 Å². The number of methoxy groups -OCH3 is 2. The van der Waals surface area contributed by atoms with Crippen LogP contribution in [-0.2, 0) is 6.54 Å². The molecule has 3 N–H and O–H groups in total. The fraction of sp³-hybridized carbons (Fsp3) is 0.538. The Kier molecular flexibility index (Phi) is 6.43. The number of aliphatic hydroxyl groups excluding tert-OH is 1. The molecule has 0 aliphatic carbocycles. The van der Waals surface area contributed by atoms with Crippen LogP contribution in [0.4, 0.5) is 0 Å². The van der Waals surface area contributed by atoms with E-state index in [1.807, 2.05) is 18.2 Å². The van der Waals surface area contributed by atoms with Crippen molar-refractivity contribution in [3.8, 4) is 11.5 Å². The molecule has 0 radical (unpaired) electrons. The Morgan fingerprint density at radius 2 is 1.88 bits per heavy atom. The van der Waals surface area contributed by atoms with E-state index in [2.05, 4.69) is 5.32 Å². The van der Waals surface area contributed by atoms with Crippen molar-refractivity contribution in [2.75, 3.05) is 27.4 Å². The van der Waals surface area contributed by atoms with Crippen LogP contribution in [0.15, 0.2) is 18.2 Å². The van der Waals surface area contributed by atoms with Gasteiger partial charge in [0.25, 0.3) is 0 Å². The van der Waals surface area contributed by atoms with Gasteiger partial charge in [0.1, 0.15) is 6.54 Å². The molecule has 1 aromatic rings. The van der Waals surface area contributed by atoms with Crippen molar-refractivity contribution in [1.29, 1.82) is 0 Å². The number of ether oxygens (including phenoxy) is 2. The highest BCUT2D eigenvalue weighted by Gasteiger charge is 2.05. The summed E-state index contributed by atoms with van der Waals surface area (Å²) in [6.07, 6.45) is 1.92. The summed E-state index contributed by atoms with van der Waals surface area (Å²) < 4.78 is 10.4. The summed E-state index contributed by atoms with van der Waals surface area (Å²) in [6, 6.07) is 5.97. The number of hydrogen-bond acceptors (Lipinski definition) is 3. The monoisotopic (exact) mass is 240 g/mol. The summed E-state index contributed by atoms with van der Waals surface area (Å²) in [7, 11) is 3.28. The molecule has 0 saturated carbocycles. The van der Waals surface area contributed by atoms with E-state index in [0.29, 0.717) is 0 Å². The summed E-state index contributed by atoms with van der Waals surface area (Å²) in [5, 5.41) is 10.9. The van der Waals surface area contributed by atoms with E-state index in [9.17, 15) is 0 Å². The van der Waals surface area contributed by atoms with Gasteiger partial charge in [0, 0.05) is 12.2 Å². The molecule has 0 fully saturated rings. The van der Waals surface area contributed by atoms with E-state index in [-0.39, 0.29) is 6.61 Å². The van der Waals surface area contributed by atoms with Gasteiger partial charge in [0.2, 0.25) is 0 Å². The second kappa shape index (κ2) is 7.92. The van der Waals surface area contributed by atoms with E-state index in [1.54, 1.807) is 14.2 Å². The molecule has 0 heterocycles. The van der Waals surface area contributed by atoms with Gasteiger partial charge in [-0.25, -0.2) is 0 Å². The number of hydrogen-bond donors (Lipinski definition) is 2. The molecule has 0 atom stereocenters. The van der Waals surface area contributed by atoms with Crippen LogP contribution in [0.5, 0.6) is 11.5 Å². The van der Waals surface area contributed by atoms with Crippen molar-refractivity contribution >= 4 is 0 Å². The van der Waals surface area contributed by atoms with Gasteiger partial charge in [-0.1, -0.05) is 0 Å². The molecule has 0 aromatic heterocycles. The highest BCUT2D eigenvalue weighted by Crippen LogP contribution is 2.27. The van der Waals surface area contributed by atoms with E-state index in [0.717, 1.165) is 37.4 Å². The van der Waals surface area contributed by atoms with Crippen LogP contribution < -0.4 is 14.8 Å². The smallest absolute Gasteiger partial charge is 0.161 e. The fourth-order valence-electron chi connectivity index (χ4n) is 1.68. The zero-order valence-electron chi connectivity index (χ0n) is 10.6. The molecule has 0 aliphatic rings. The van der Waals surface area contributed by atoms with Gasteiger partial charge in [-0.2, -0.15) is 0 Å². The average molecular weight is 240 g/mol. The maximum absolute atomic E-state index is 8.66. The highest BCUT2D eigenvalue weighted by atomic mass is 16.5. The number of rotatable bonds is 8. The van der Waals surface area contributed by atoms with Crippen molar-refractivity contribution < 1.29 is 19.9 Å². The molecule has 0 spiro atoms. The minimum absolute atomic E-state index is 0.282. The molecule has 0 amide bonds. The van der Waals surface area contributed by atoms with Gasteiger partial charge in [0.05, 0.1) is 20.8 Å². The van der Waals surface area contributed by atoms with Crippen molar-refractivity contribution in [1.82, 2.24) is 0 Å². The van der Waals surface area contributed by atoms with Crippen LogP contribution >= 0.6 is 0 Å². The standard InChI is InChI=1S/C13H21NO3/c1-16-12-6-5-11(9-13(12)17-2)10-14-7-3-4-8-15/h5-6,9,14-15H,3-4,7-8,10H2,1-2H3/p+1. The van der Waals surface area contributed by atoms with Crippen LogP contribution in [0.3, 0.4) is 0 Å². The van der Waals surface area contributed by atoms with Gasteiger partial charge >= 0.3 is 0 Å². The minimum atomic E-state index is 0.282. The number of benzene rings is 1. The zero-order valence-corrected chi connectivity index (χ0v) is 10.6. The Labute approximate surface area is 103 Å². The third kappa shape index (κ3) is 4.63. The van der Waals surface area contributed by atoms with Crippen molar-refractivity contribution in [3.05, 3.63) is 23.8 Å².